The van der Waals surface area contributed by atoms with Crippen LogP contribution in [0.1, 0.15) is 10.6 Å². The molecule has 0 fully saturated rings. The molecule has 27 heavy (non-hydrogen) atoms. The molecule has 2 N–H and O–H groups in total. The first-order chi connectivity index (χ1) is 12.8. The monoisotopic (exact) mass is 510 g/mol. The first-order valence-corrected chi connectivity index (χ1v) is 9.93. The molecule has 4 aromatic rings. The van der Waals surface area contributed by atoms with E-state index in [0.717, 1.165) is 39.2 Å². The smallest absolute Gasteiger partial charge is 0.191 e. The number of rotatable bonds is 5. The van der Waals surface area contributed by atoms with Crippen LogP contribution in [0.4, 0.5) is 0 Å². The third kappa shape index (κ3) is 4.88. The van der Waals surface area contributed by atoms with Crippen molar-refractivity contribution in [2.24, 2.45) is 4.99 Å². The summed E-state index contributed by atoms with van der Waals surface area (Å²) in [6, 6.07) is 16.2. The minimum atomic E-state index is 0. The van der Waals surface area contributed by atoms with Crippen molar-refractivity contribution in [3.63, 3.8) is 0 Å². The van der Waals surface area contributed by atoms with E-state index >= 15 is 0 Å². The number of aromatic nitrogens is 1. The van der Waals surface area contributed by atoms with Crippen molar-refractivity contribution in [1.29, 1.82) is 0 Å². The Kier molecular flexibility index (Phi) is 6.86. The lowest BCUT2D eigenvalue weighted by Gasteiger charge is -2.09. The van der Waals surface area contributed by atoms with Gasteiger partial charge in [-0.05, 0) is 35.7 Å². The zero-order valence-electron chi connectivity index (χ0n) is 14.6. The normalized spacial score (nSPS) is 11.4. The summed E-state index contributed by atoms with van der Waals surface area (Å²) in [4.78, 5) is 10.1. The lowest BCUT2D eigenvalue weighted by molar-refractivity contribution is 0.513. The maximum absolute atomic E-state index is 5.95. The van der Waals surface area contributed by atoms with Crippen molar-refractivity contribution in [1.82, 2.24) is 15.6 Å². The third-order valence-electron chi connectivity index (χ3n) is 3.83. The zero-order valence-corrected chi connectivity index (χ0v) is 18.6. The van der Waals surface area contributed by atoms with Gasteiger partial charge in [0, 0.05) is 11.9 Å². The van der Waals surface area contributed by atoms with E-state index in [1.807, 2.05) is 36.4 Å². The van der Waals surface area contributed by atoms with Gasteiger partial charge in [-0.2, -0.15) is 0 Å². The predicted molar refractivity (Wildman–Crippen MR) is 124 cm³/mol. The van der Waals surface area contributed by atoms with Crippen LogP contribution in [0, 0.1) is 0 Å². The number of nitrogens with one attached hydrogen (secondary N) is 2. The SMILES string of the molecule is CN=C(NCc1ccc(-c2nc3ccccc3s2)o1)NCc1cccs1.I. The van der Waals surface area contributed by atoms with Gasteiger partial charge in [-0.3, -0.25) is 4.99 Å². The number of aliphatic imine (C=N–C) groups is 1. The number of benzene rings is 1. The largest absolute Gasteiger partial charge is 0.457 e. The Labute approximate surface area is 182 Å². The molecule has 0 amide bonds. The molecule has 0 spiro atoms. The molecule has 4 rings (SSSR count). The van der Waals surface area contributed by atoms with Crippen LogP contribution >= 0.6 is 46.7 Å². The number of thiophene rings is 1. The molecule has 140 valence electrons. The zero-order chi connectivity index (χ0) is 17.8. The van der Waals surface area contributed by atoms with E-state index < -0.39 is 0 Å². The van der Waals surface area contributed by atoms with Gasteiger partial charge in [-0.1, -0.05) is 18.2 Å². The summed E-state index contributed by atoms with van der Waals surface area (Å²) in [6.07, 6.45) is 0. The Hall–Kier alpha value is -1.91. The first kappa shape index (κ1) is 19.8. The fourth-order valence-corrected chi connectivity index (χ4v) is 4.11. The van der Waals surface area contributed by atoms with E-state index in [0.29, 0.717) is 6.54 Å². The van der Waals surface area contributed by atoms with Crippen molar-refractivity contribution < 1.29 is 4.42 Å². The summed E-state index contributed by atoms with van der Waals surface area (Å²) in [5.41, 5.74) is 1.00. The van der Waals surface area contributed by atoms with Crippen molar-refractivity contribution in [3.05, 3.63) is 64.5 Å². The number of halogens is 1. The lowest BCUT2D eigenvalue weighted by Crippen LogP contribution is -2.36. The Morgan fingerprint density at radius 2 is 1.93 bits per heavy atom. The van der Waals surface area contributed by atoms with Gasteiger partial charge in [0.25, 0.3) is 0 Å². The van der Waals surface area contributed by atoms with Gasteiger partial charge in [-0.15, -0.1) is 46.7 Å². The second kappa shape index (κ2) is 9.34. The summed E-state index contributed by atoms with van der Waals surface area (Å²) >= 11 is 3.36. The molecule has 0 unspecified atom stereocenters. The van der Waals surface area contributed by atoms with Gasteiger partial charge in [0.15, 0.2) is 16.7 Å². The van der Waals surface area contributed by atoms with E-state index in [2.05, 4.69) is 38.1 Å². The highest BCUT2D eigenvalue weighted by molar-refractivity contribution is 14.0. The topological polar surface area (TPSA) is 62.5 Å². The summed E-state index contributed by atoms with van der Waals surface area (Å²) in [5, 5.41) is 9.54. The van der Waals surface area contributed by atoms with E-state index in [1.54, 1.807) is 29.7 Å². The number of hydrogen-bond acceptors (Lipinski definition) is 5. The van der Waals surface area contributed by atoms with E-state index in [4.69, 9.17) is 4.42 Å². The summed E-state index contributed by atoms with van der Waals surface area (Å²) in [5.74, 6) is 2.39. The molecule has 0 atom stereocenters. The molecule has 0 saturated heterocycles. The quantitative estimate of drug-likeness (QED) is 0.223. The van der Waals surface area contributed by atoms with Gasteiger partial charge in [0.05, 0.1) is 23.3 Å². The second-order valence-corrected chi connectivity index (χ2v) is 7.67. The number of fused-ring (bicyclic) bond motifs is 1. The predicted octanol–water partition coefficient (Wildman–Crippen LogP) is 5.10. The fraction of sp³-hybridized carbons (Fsp3) is 0.158. The number of furan rings is 1. The maximum Gasteiger partial charge on any atom is 0.191 e. The van der Waals surface area contributed by atoms with Gasteiger partial charge in [0.2, 0.25) is 0 Å². The molecule has 8 heteroatoms. The molecule has 3 heterocycles. The van der Waals surface area contributed by atoms with E-state index in [1.165, 1.54) is 4.88 Å². The van der Waals surface area contributed by atoms with Crippen molar-refractivity contribution in [2.75, 3.05) is 7.05 Å². The molecule has 3 aromatic heterocycles. The molecule has 0 saturated carbocycles. The molecule has 0 aliphatic heterocycles. The summed E-state index contributed by atoms with van der Waals surface area (Å²) in [6.45, 7) is 1.32. The highest BCUT2D eigenvalue weighted by Crippen LogP contribution is 2.31. The minimum absolute atomic E-state index is 0. The number of hydrogen-bond donors (Lipinski definition) is 2. The average Bonchev–Trinajstić information content (AvgIpc) is 3.41. The van der Waals surface area contributed by atoms with Gasteiger partial charge in [0.1, 0.15) is 5.76 Å². The molecular weight excluding hydrogens is 491 g/mol. The Morgan fingerprint density at radius 3 is 2.70 bits per heavy atom. The molecule has 1 aromatic carbocycles. The molecular formula is C19H19IN4OS2. The van der Waals surface area contributed by atoms with Crippen molar-refractivity contribution in [2.45, 2.75) is 13.1 Å². The van der Waals surface area contributed by atoms with Gasteiger partial charge >= 0.3 is 0 Å². The van der Waals surface area contributed by atoms with Crippen LogP contribution in [0.2, 0.25) is 0 Å². The molecule has 0 aliphatic rings. The molecule has 0 aliphatic carbocycles. The Bertz CT molecular complexity index is 990. The number of nitrogens with zero attached hydrogens (tertiary/aromatic N) is 2. The third-order valence-corrected chi connectivity index (χ3v) is 5.76. The number of para-hydroxylation sites is 1. The average molecular weight is 510 g/mol. The Morgan fingerprint density at radius 1 is 1.07 bits per heavy atom. The molecule has 0 radical (unpaired) electrons. The number of thiazole rings is 1. The van der Waals surface area contributed by atoms with Crippen molar-refractivity contribution >= 4 is 62.8 Å². The minimum Gasteiger partial charge on any atom is -0.457 e. The van der Waals surface area contributed by atoms with Crippen LogP contribution in [0.5, 0.6) is 0 Å². The second-order valence-electron chi connectivity index (χ2n) is 5.61. The van der Waals surface area contributed by atoms with Crippen molar-refractivity contribution in [3.8, 4) is 10.8 Å². The van der Waals surface area contributed by atoms with Gasteiger partial charge in [-0.25, -0.2) is 4.98 Å². The first-order valence-electron chi connectivity index (χ1n) is 8.23. The standard InChI is InChI=1S/C19H18N4OS2.HI/c1-20-19(22-12-14-5-4-10-25-14)21-11-13-8-9-16(24-13)18-23-15-6-2-3-7-17(15)26-18;/h2-10H,11-12H2,1H3,(H2,20,21,22);1H. The highest BCUT2D eigenvalue weighted by atomic mass is 127. The van der Waals surface area contributed by atoms with Crippen LogP contribution in [0.3, 0.4) is 0 Å². The van der Waals surface area contributed by atoms with E-state index in [-0.39, 0.29) is 24.0 Å². The number of guanidine groups is 1. The van der Waals surface area contributed by atoms with Crippen LogP contribution in [-0.2, 0) is 13.1 Å². The molecule has 5 nitrogen and oxygen atoms in total. The Balaban J connectivity index is 0.00000210. The highest BCUT2D eigenvalue weighted by Gasteiger charge is 2.10. The molecule has 0 bridgehead atoms. The summed E-state index contributed by atoms with van der Waals surface area (Å²) < 4.78 is 7.11. The van der Waals surface area contributed by atoms with Crippen LogP contribution in [0.15, 0.2) is 63.3 Å². The van der Waals surface area contributed by atoms with Gasteiger partial charge < -0.3 is 15.1 Å². The van der Waals surface area contributed by atoms with E-state index in [9.17, 15) is 0 Å². The lowest BCUT2D eigenvalue weighted by atomic mass is 10.3. The maximum atomic E-state index is 5.95. The van der Waals surface area contributed by atoms with Crippen LogP contribution in [-0.4, -0.2) is 18.0 Å². The summed E-state index contributed by atoms with van der Waals surface area (Å²) in [7, 11) is 1.76. The fourth-order valence-electron chi connectivity index (χ4n) is 2.54. The van der Waals surface area contributed by atoms with Crippen LogP contribution < -0.4 is 10.6 Å². The van der Waals surface area contributed by atoms with Crippen LogP contribution in [0.25, 0.3) is 21.0 Å².